The maximum Gasteiger partial charge on any atom is 0.296 e. The molecule has 1 aromatic heterocycles. The Balaban J connectivity index is 1.74. The second-order valence-electron chi connectivity index (χ2n) is 6.49. The molecule has 4 nitrogen and oxygen atoms in total. The van der Waals surface area contributed by atoms with Crippen molar-refractivity contribution in [2.24, 2.45) is 0 Å². The van der Waals surface area contributed by atoms with Crippen LogP contribution >= 0.6 is 0 Å². The molecule has 0 bridgehead atoms. The summed E-state index contributed by atoms with van der Waals surface area (Å²) in [6.45, 7) is 3.58. The van der Waals surface area contributed by atoms with Crippen LogP contribution in [0.4, 0.5) is 5.69 Å². The lowest BCUT2D eigenvalue weighted by atomic mass is 10.1. The molecular formula is C21H20N2O2. The van der Waals surface area contributed by atoms with Gasteiger partial charge in [0.15, 0.2) is 5.89 Å². The molecule has 25 heavy (non-hydrogen) atoms. The number of rotatable bonds is 3. The van der Waals surface area contributed by atoms with Crippen molar-refractivity contribution in [2.75, 3.05) is 4.90 Å². The summed E-state index contributed by atoms with van der Waals surface area (Å²) in [6.07, 6.45) is 1.70. The lowest BCUT2D eigenvalue weighted by Crippen LogP contribution is -2.41. The van der Waals surface area contributed by atoms with Gasteiger partial charge in [-0.3, -0.25) is 4.79 Å². The number of oxazole rings is 1. The average molecular weight is 332 g/mol. The van der Waals surface area contributed by atoms with E-state index in [0.717, 1.165) is 18.5 Å². The van der Waals surface area contributed by atoms with Crippen molar-refractivity contribution in [3.05, 3.63) is 83.1 Å². The molecule has 1 aliphatic carbocycles. The number of aromatic nitrogens is 1. The molecule has 1 amide bonds. The maximum absolute atomic E-state index is 13.3. The summed E-state index contributed by atoms with van der Waals surface area (Å²) in [5.74, 6) is 0.725. The molecule has 4 rings (SSSR count). The SMILES string of the molecule is Cc1nc(C)c(C(=O)N(c2ccccc2)C2Cc3ccccc3C2)o1. The van der Waals surface area contributed by atoms with Crippen LogP contribution < -0.4 is 4.90 Å². The minimum atomic E-state index is -0.123. The van der Waals surface area contributed by atoms with Crippen LogP contribution in [0, 0.1) is 13.8 Å². The Bertz CT molecular complexity index is 890. The Morgan fingerprint density at radius 2 is 1.60 bits per heavy atom. The number of benzene rings is 2. The predicted octanol–water partition coefficient (Wildman–Crippen LogP) is 4.11. The van der Waals surface area contributed by atoms with Crippen LogP contribution in [-0.4, -0.2) is 16.9 Å². The van der Waals surface area contributed by atoms with E-state index in [0.29, 0.717) is 17.3 Å². The minimum Gasteiger partial charge on any atom is -0.436 e. The van der Waals surface area contributed by atoms with Crippen LogP contribution in [0.2, 0.25) is 0 Å². The minimum absolute atomic E-state index is 0.0807. The molecule has 1 aliphatic rings. The quantitative estimate of drug-likeness (QED) is 0.725. The van der Waals surface area contributed by atoms with Gasteiger partial charge in [-0.1, -0.05) is 42.5 Å². The van der Waals surface area contributed by atoms with Gasteiger partial charge in [0.2, 0.25) is 5.76 Å². The molecule has 0 saturated carbocycles. The fourth-order valence-electron chi connectivity index (χ4n) is 3.64. The molecule has 0 aliphatic heterocycles. The number of anilines is 1. The van der Waals surface area contributed by atoms with Crippen LogP contribution in [0.15, 0.2) is 59.0 Å². The van der Waals surface area contributed by atoms with E-state index in [-0.39, 0.29) is 11.9 Å². The van der Waals surface area contributed by atoms with Crippen molar-refractivity contribution in [3.63, 3.8) is 0 Å². The zero-order chi connectivity index (χ0) is 17.4. The molecule has 1 heterocycles. The largest absolute Gasteiger partial charge is 0.436 e. The molecule has 2 aromatic carbocycles. The average Bonchev–Trinajstić information content (AvgIpc) is 3.18. The Kier molecular flexibility index (Phi) is 3.88. The highest BCUT2D eigenvalue weighted by Gasteiger charge is 2.33. The number of aryl methyl sites for hydroxylation is 2. The van der Waals surface area contributed by atoms with E-state index in [1.54, 1.807) is 6.92 Å². The Labute approximate surface area is 147 Å². The second kappa shape index (κ2) is 6.20. The van der Waals surface area contributed by atoms with Gasteiger partial charge in [0.05, 0.1) is 5.69 Å². The summed E-state index contributed by atoms with van der Waals surface area (Å²) in [5, 5.41) is 0. The Morgan fingerprint density at radius 1 is 1.00 bits per heavy atom. The standard InChI is InChI=1S/C21H20N2O2/c1-14-20(25-15(2)22-14)21(24)23(18-10-4-3-5-11-18)19-12-16-8-6-7-9-17(16)13-19/h3-11,19H,12-13H2,1-2H3. The molecule has 126 valence electrons. The van der Waals surface area contributed by atoms with Gasteiger partial charge in [0, 0.05) is 18.7 Å². The van der Waals surface area contributed by atoms with Gasteiger partial charge < -0.3 is 9.32 Å². The molecule has 0 fully saturated rings. The van der Waals surface area contributed by atoms with Crippen LogP contribution in [-0.2, 0) is 12.8 Å². The number of para-hydroxylation sites is 1. The van der Waals surface area contributed by atoms with E-state index in [9.17, 15) is 4.79 Å². The summed E-state index contributed by atoms with van der Waals surface area (Å²) >= 11 is 0. The fourth-order valence-corrected chi connectivity index (χ4v) is 3.64. The van der Waals surface area contributed by atoms with Gasteiger partial charge in [-0.05, 0) is 43.0 Å². The van der Waals surface area contributed by atoms with Crippen LogP contribution in [0.25, 0.3) is 0 Å². The summed E-state index contributed by atoms with van der Waals surface area (Å²) < 4.78 is 5.61. The first-order chi connectivity index (χ1) is 12.1. The highest BCUT2D eigenvalue weighted by atomic mass is 16.4. The normalized spacial score (nSPS) is 13.7. The number of amides is 1. The van der Waals surface area contributed by atoms with Crippen molar-refractivity contribution in [1.82, 2.24) is 4.98 Å². The van der Waals surface area contributed by atoms with Crippen molar-refractivity contribution < 1.29 is 9.21 Å². The predicted molar refractivity (Wildman–Crippen MR) is 96.9 cm³/mol. The molecular weight excluding hydrogens is 312 g/mol. The van der Waals surface area contributed by atoms with Gasteiger partial charge in [-0.25, -0.2) is 4.98 Å². The fraction of sp³-hybridized carbons (Fsp3) is 0.238. The van der Waals surface area contributed by atoms with Crippen molar-refractivity contribution in [3.8, 4) is 0 Å². The van der Waals surface area contributed by atoms with Gasteiger partial charge in [0.25, 0.3) is 5.91 Å². The molecule has 0 radical (unpaired) electrons. The molecule has 4 heteroatoms. The van der Waals surface area contributed by atoms with Crippen molar-refractivity contribution in [1.29, 1.82) is 0 Å². The van der Waals surface area contributed by atoms with E-state index >= 15 is 0 Å². The number of carbonyl (C=O) groups excluding carboxylic acids is 1. The van der Waals surface area contributed by atoms with Gasteiger partial charge in [-0.15, -0.1) is 0 Å². The smallest absolute Gasteiger partial charge is 0.296 e. The monoisotopic (exact) mass is 332 g/mol. The summed E-state index contributed by atoms with van der Waals surface area (Å²) in [7, 11) is 0. The van der Waals surface area contributed by atoms with E-state index < -0.39 is 0 Å². The van der Waals surface area contributed by atoms with Crippen LogP contribution in [0.1, 0.15) is 33.3 Å². The molecule has 0 N–H and O–H groups in total. The van der Waals surface area contributed by atoms with E-state index in [4.69, 9.17) is 4.42 Å². The first kappa shape index (κ1) is 15.6. The van der Waals surface area contributed by atoms with E-state index in [2.05, 4.69) is 29.2 Å². The summed E-state index contributed by atoms with van der Waals surface area (Å²) in [5.41, 5.74) is 4.15. The van der Waals surface area contributed by atoms with Gasteiger partial charge in [0.1, 0.15) is 0 Å². The summed E-state index contributed by atoms with van der Waals surface area (Å²) in [6, 6.07) is 18.3. The van der Waals surface area contributed by atoms with Gasteiger partial charge in [-0.2, -0.15) is 0 Å². The van der Waals surface area contributed by atoms with Crippen LogP contribution in [0.3, 0.4) is 0 Å². The van der Waals surface area contributed by atoms with E-state index in [1.807, 2.05) is 42.2 Å². The number of nitrogens with zero attached hydrogens (tertiary/aromatic N) is 2. The highest BCUT2D eigenvalue weighted by Crippen LogP contribution is 2.30. The third-order valence-electron chi connectivity index (χ3n) is 4.75. The molecule has 0 saturated heterocycles. The maximum atomic E-state index is 13.3. The number of carbonyl (C=O) groups is 1. The zero-order valence-electron chi connectivity index (χ0n) is 14.4. The highest BCUT2D eigenvalue weighted by molar-refractivity contribution is 6.05. The number of hydrogen-bond donors (Lipinski definition) is 0. The van der Waals surface area contributed by atoms with Crippen molar-refractivity contribution in [2.45, 2.75) is 32.7 Å². The number of fused-ring (bicyclic) bond motifs is 1. The molecule has 0 atom stereocenters. The van der Waals surface area contributed by atoms with Gasteiger partial charge >= 0.3 is 0 Å². The Hall–Kier alpha value is -2.88. The third kappa shape index (κ3) is 2.84. The second-order valence-corrected chi connectivity index (χ2v) is 6.49. The molecule has 3 aromatic rings. The molecule has 0 unspecified atom stereocenters. The lowest BCUT2D eigenvalue weighted by Gasteiger charge is -2.28. The lowest BCUT2D eigenvalue weighted by molar-refractivity contribution is 0.0948. The number of hydrogen-bond acceptors (Lipinski definition) is 3. The molecule has 0 spiro atoms. The Morgan fingerprint density at radius 3 is 2.16 bits per heavy atom. The topological polar surface area (TPSA) is 46.3 Å². The van der Waals surface area contributed by atoms with Crippen molar-refractivity contribution >= 4 is 11.6 Å². The van der Waals surface area contributed by atoms with E-state index in [1.165, 1.54) is 11.1 Å². The van der Waals surface area contributed by atoms with Crippen LogP contribution in [0.5, 0.6) is 0 Å². The zero-order valence-corrected chi connectivity index (χ0v) is 14.4. The first-order valence-electron chi connectivity index (χ1n) is 8.53. The summed E-state index contributed by atoms with van der Waals surface area (Å²) in [4.78, 5) is 19.4. The first-order valence-corrected chi connectivity index (χ1v) is 8.53. The third-order valence-corrected chi connectivity index (χ3v) is 4.75.